The molecule has 0 fully saturated rings. The molecule has 0 radical (unpaired) electrons. The lowest BCUT2D eigenvalue weighted by Gasteiger charge is -2.22. The van der Waals surface area contributed by atoms with Crippen molar-refractivity contribution in [1.82, 2.24) is 5.43 Å². The molecule has 1 aromatic carbocycles. The number of sulfone groups is 1. The van der Waals surface area contributed by atoms with Crippen LogP contribution in [0.25, 0.3) is 0 Å². The minimum absolute atomic E-state index is 0.136. The van der Waals surface area contributed by atoms with Crippen LogP contribution in [0.2, 0.25) is 0 Å². The van der Waals surface area contributed by atoms with Crippen LogP contribution in [0.3, 0.4) is 0 Å². The van der Waals surface area contributed by atoms with Gasteiger partial charge in [0.1, 0.15) is 11.6 Å². The third-order valence-electron chi connectivity index (χ3n) is 2.94. The number of hydrogen-bond acceptors (Lipinski definition) is 4. The first-order chi connectivity index (χ1) is 8.27. The summed E-state index contributed by atoms with van der Waals surface area (Å²) in [6.45, 7) is 1.44. The Kier molecular flexibility index (Phi) is 4.78. The predicted octanol–water partition coefficient (Wildman–Crippen LogP) is 0.772. The lowest BCUT2D eigenvalue weighted by Crippen LogP contribution is -2.47. The fourth-order valence-corrected chi connectivity index (χ4v) is 2.38. The molecule has 102 valence electrons. The molecule has 4 nitrogen and oxygen atoms in total. The molecular formula is C11H16F2N2O2S. The van der Waals surface area contributed by atoms with E-state index in [2.05, 4.69) is 5.43 Å². The summed E-state index contributed by atoms with van der Waals surface area (Å²) in [5, 5.41) is -0.846. The van der Waals surface area contributed by atoms with Crippen molar-refractivity contribution in [2.24, 2.45) is 5.84 Å². The molecule has 0 aliphatic carbocycles. The van der Waals surface area contributed by atoms with Gasteiger partial charge in [-0.15, -0.1) is 0 Å². The van der Waals surface area contributed by atoms with E-state index in [1.807, 2.05) is 0 Å². The van der Waals surface area contributed by atoms with Crippen molar-refractivity contribution in [2.75, 3.05) is 6.26 Å². The zero-order valence-electron chi connectivity index (χ0n) is 10.2. The Bertz CT molecular complexity index is 500. The predicted molar refractivity (Wildman–Crippen MR) is 65.5 cm³/mol. The Morgan fingerprint density at radius 1 is 1.33 bits per heavy atom. The molecule has 2 atom stereocenters. The second-order valence-corrected chi connectivity index (χ2v) is 6.61. The minimum Gasteiger partial charge on any atom is -0.271 e. The van der Waals surface area contributed by atoms with Crippen LogP contribution in [0.1, 0.15) is 12.5 Å². The summed E-state index contributed by atoms with van der Waals surface area (Å²) < 4.78 is 49.7. The Hall–Kier alpha value is -1.05. The van der Waals surface area contributed by atoms with E-state index >= 15 is 0 Å². The van der Waals surface area contributed by atoms with E-state index in [-0.39, 0.29) is 12.0 Å². The van der Waals surface area contributed by atoms with Gasteiger partial charge in [0.25, 0.3) is 0 Å². The highest BCUT2D eigenvalue weighted by molar-refractivity contribution is 7.91. The van der Waals surface area contributed by atoms with Crippen LogP contribution < -0.4 is 11.3 Å². The van der Waals surface area contributed by atoms with Crippen molar-refractivity contribution in [3.05, 3.63) is 35.4 Å². The number of halogens is 2. The van der Waals surface area contributed by atoms with Crippen molar-refractivity contribution in [1.29, 1.82) is 0 Å². The van der Waals surface area contributed by atoms with Gasteiger partial charge < -0.3 is 0 Å². The first kappa shape index (κ1) is 15.0. The molecule has 0 aliphatic rings. The summed E-state index contributed by atoms with van der Waals surface area (Å²) in [5.74, 6) is 3.83. The maximum Gasteiger partial charge on any atom is 0.151 e. The molecule has 0 bridgehead atoms. The van der Waals surface area contributed by atoms with Gasteiger partial charge in [0.2, 0.25) is 0 Å². The van der Waals surface area contributed by atoms with Crippen LogP contribution in [0.5, 0.6) is 0 Å². The second-order valence-electron chi connectivity index (χ2n) is 4.21. The molecule has 0 aliphatic heterocycles. The average Bonchev–Trinajstić information content (AvgIpc) is 2.27. The summed E-state index contributed by atoms with van der Waals surface area (Å²) in [7, 11) is -3.35. The van der Waals surface area contributed by atoms with Gasteiger partial charge in [0, 0.05) is 17.9 Å². The fourth-order valence-electron chi connectivity index (χ4n) is 1.61. The maximum atomic E-state index is 13.4. The summed E-state index contributed by atoms with van der Waals surface area (Å²) in [6.07, 6.45) is 0.920. The van der Waals surface area contributed by atoms with Crippen LogP contribution >= 0.6 is 0 Å². The highest BCUT2D eigenvalue weighted by Gasteiger charge is 2.27. The van der Waals surface area contributed by atoms with E-state index in [1.165, 1.54) is 13.0 Å². The normalized spacial score (nSPS) is 15.4. The van der Waals surface area contributed by atoms with E-state index in [4.69, 9.17) is 5.84 Å². The fraction of sp³-hybridized carbons (Fsp3) is 0.455. The summed E-state index contributed by atoms with van der Waals surface area (Å²) in [6, 6.07) is 2.74. The lowest BCUT2D eigenvalue weighted by atomic mass is 10.0. The minimum atomic E-state index is -3.35. The first-order valence-electron chi connectivity index (χ1n) is 5.35. The zero-order valence-corrected chi connectivity index (χ0v) is 11.0. The first-order valence-corrected chi connectivity index (χ1v) is 7.30. The van der Waals surface area contributed by atoms with Crippen molar-refractivity contribution >= 4 is 9.84 Å². The third-order valence-corrected chi connectivity index (χ3v) is 4.62. The van der Waals surface area contributed by atoms with Crippen molar-refractivity contribution in [3.8, 4) is 0 Å². The largest absolute Gasteiger partial charge is 0.271 e. The van der Waals surface area contributed by atoms with Crippen LogP contribution in [0, 0.1) is 11.6 Å². The van der Waals surface area contributed by atoms with Crippen molar-refractivity contribution in [2.45, 2.75) is 24.6 Å². The highest BCUT2D eigenvalue weighted by atomic mass is 32.2. The lowest BCUT2D eigenvalue weighted by molar-refractivity contribution is 0.469. The Labute approximate surface area is 105 Å². The molecule has 0 saturated heterocycles. The molecular weight excluding hydrogens is 262 g/mol. The SMILES string of the molecule is CC(C(Cc1c(F)cccc1F)NN)S(C)(=O)=O. The zero-order chi connectivity index (χ0) is 13.9. The molecule has 7 heteroatoms. The molecule has 2 unspecified atom stereocenters. The van der Waals surface area contributed by atoms with Gasteiger partial charge in [-0.2, -0.15) is 0 Å². The van der Waals surface area contributed by atoms with Gasteiger partial charge in [0.15, 0.2) is 9.84 Å². The molecule has 0 saturated carbocycles. The number of hydrazine groups is 1. The monoisotopic (exact) mass is 278 g/mol. The second kappa shape index (κ2) is 5.73. The smallest absolute Gasteiger partial charge is 0.151 e. The van der Waals surface area contributed by atoms with Gasteiger partial charge >= 0.3 is 0 Å². The molecule has 18 heavy (non-hydrogen) atoms. The van der Waals surface area contributed by atoms with E-state index in [0.29, 0.717) is 0 Å². The number of nitrogens with one attached hydrogen (secondary N) is 1. The van der Waals surface area contributed by atoms with Gasteiger partial charge in [0.05, 0.1) is 5.25 Å². The van der Waals surface area contributed by atoms with Crippen LogP contribution in [-0.2, 0) is 16.3 Å². The van der Waals surface area contributed by atoms with Gasteiger partial charge in [-0.3, -0.25) is 11.3 Å². The van der Waals surface area contributed by atoms with Gasteiger partial charge in [-0.1, -0.05) is 6.07 Å². The molecule has 0 amide bonds. The van der Waals surface area contributed by atoms with Gasteiger partial charge in [-0.05, 0) is 25.5 Å². The van der Waals surface area contributed by atoms with E-state index in [1.54, 1.807) is 0 Å². The van der Waals surface area contributed by atoms with Crippen molar-refractivity contribution in [3.63, 3.8) is 0 Å². The van der Waals surface area contributed by atoms with Crippen molar-refractivity contribution < 1.29 is 17.2 Å². The quantitative estimate of drug-likeness (QED) is 0.616. The van der Waals surface area contributed by atoms with E-state index in [0.717, 1.165) is 18.4 Å². The molecule has 3 N–H and O–H groups in total. The Balaban J connectivity index is 3.01. The van der Waals surface area contributed by atoms with Gasteiger partial charge in [-0.25, -0.2) is 17.2 Å². The summed E-state index contributed by atoms with van der Waals surface area (Å²) in [5.41, 5.74) is 2.13. The number of benzene rings is 1. The summed E-state index contributed by atoms with van der Waals surface area (Å²) >= 11 is 0. The standard InChI is InChI=1S/C11H16F2N2O2S/c1-7(18(2,16)17)11(15-14)6-8-9(12)4-3-5-10(8)13/h3-5,7,11,15H,6,14H2,1-2H3. The van der Waals surface area contributed by atoms with Crippen LogP contribution in [0.4, 0.5) is 8.78 Å². The number of nitrogens with two attached hydrogens (primary N) is 1. The van der Waals surface area contributed by atoms with Crippen LogP contribution in [0.15, 0.2) is 18.2 Å². The Morgan fingerprint density at radius 3 is 2.22 bits per heavy atom. The molecule has 1 rings (SSSR count). The van der Waals surface area contributed by atoms with E-state index < -0.39 is 32.8 Å². The van der Waals surface area contributed by atoms with Crippen LogP contribution in [-0.4, -0.2) is 26.0 Å². The number of rotatable bonds is 5. The molecule has 0 spiro atoms. The number of hydrogen-bond donors (Lipinski definition) is 2. The topological polar surface area (TPSA) is 72.2 Å². The molecule has 0 heterocycles. The average molecular weight is 278 g/mol. The molecule has 1 aromatic rings. The maximum absolute atomic E-state index is 13.4. The molecule has 0 aromatic heterocycles. The highest BCUT2D eigenvalue weighted by Crippen LogP contribution is 2.17. The third kappa shape index (κ3) is 3.47. The Morgan fingerprint density at radius 2 is 1.83 bits per heavy atom. The van der Waals surface area contributed by atoms with E-state index in [9.17, 15) is 17.2 Å². The summed E-state index contributed by atoms with van der Waals surface area (Å²) in [4.78, 5) is 0.